The lowest BCUT2D eigenvalue weighted by molar-refractivity contribution is 1.17. The molecular weight excluding hydrogens is 241 g/mol. The topological polar surface area (TPSA) is 50.9 Å². The summed E-state index contributed by atoms with van der Waals surface area (Å²) in [6, 6.07) is 1.59. The smallest absolute Gasteiger partial charge is 0.147 e. The molecule has 3 nitrogen and oxygen atoms in total. The molecule has 0 aliphatic heterocycles. The normalized spacial score (nSPS) is 10.2. The summed E-state index contributed by atoms with van der Waals surface area (Å²) in [5.41, 5.74) is 5.55. The monoisotopic (exact) mass is 251 g/mol. The van der Waals surface area contributed by atoms with Gasteiger partial charge < -0.3 is 11.1 Å². The summed E-state index contributed by atoms with van der Waals surface area (Å²) in [6.07, 6.45) is 2.03. The highest BCUT2D eigenvalue weighted by molar-refractivity contribution is 7.98. The zero-order valence-corrected chi connectivity index (χ0v) is 10.0. The molecule has 0 bridgehead atoms. The summed E-state index contributed by atoms with van der Waals surface area (Å²) in [6.45, 7) is 0.801. The lowest BCUT2D eigenvalue weighted by atomic mass is 10.4. The molecule has 0 aliphatic carbocycles. The quantitative estimate of drug-likeness (QED) is 0.809. The fourth-order valence-corrected chi connectivity index (χ4v) is 1.61. The lowest BCUT2D eigenvalue weighted by Gasteiger charge is -2.07. The van der Waals surface area contributed by atoms with Gasteiger partial charge in [-0.1, -0.05) is 23.2 Å². The second kappa shape index (κ2) is 5.53. The Kier molecular flexibility index (Phi) is 4.65. The maximum Gasteiger partial charge on any atom is 0.147 e. The molecular formula is C8H11Cl2N3S. The first-order valence-electron chi connectivity index (χ1n) is 3.99. The minimum atomic E-state index is 0.294. The number of nitrogen functional groups attached to an aromatic ring is 1. The van der Waals surface area contributed by atoms with E-state index in [4.69, 9.17) is 28.9 Å². The molecule has 1 rings (SSSR count). The number of thioether (sulfide) groups is 1. The molecule has 0 fully saturated rings. The van der Waals surface area contributed by atoms with Gasteiger partial charge in [-0.05, 0) is 12.3 Å². The van der Waals surface area contributed by atoms with Crippen LogP contribution in [-0.4, -0.2) is 23.5 Å². The molecule has 0 spiro atoms. The van der Waals surface area contributed by atoms with Crippen molar-refractivity contribution in [2.45, 2.75) is 0 Å². The van der Waals surface area contributed by atoms with Crippen molar-refractivity contribution in [3.63, 3.8) is 0 Å². The van der Waals surface area contributed by atoms with E-state index in [0.717, 1.165) is 12.3 Å². The van der Waals surface area contributed by atoms with Crippen molar-refractivity contribution in [1.82, 2.24) is 4.98 Å². The molecule has 1 aromatic rings. The molecule has 0 unspecified atom stereocenters. The molecule has 0 amide bonds. The minimum absolute atomic E-state index is 0.294. The first kappa shape index (κ1) is 11.8. The van der Waals surface area contributed by atoms with Crippen molar-refractivity contribution in [2.24, 2.45) is 0 Å². The average Bonchev–Trinajstić information content (AvgIpc) is 2.14. The van der Waals surface area contributed by atoms with Crippen molar-refractivity contribution in [3.8, 4) is 0 Å². The number of pyridine rings is 1. The summed E-state index contributed by atoms with van der Waals surface area (Å²) in [7, 11) is 0. The average molecular weight is 252 g/mol. The molecule has 0 aliphatic rings. The van der Waals surface area contributed by atoms with Crippen molar-refractivity contribution in [1.29, 1.82) is 0 Å². The van der Waals surface area contributed by atoms with E-state index in [0.29, 0.717) is 21.7 Å². The molecule has 1 heterocycles. The van der Waals surface area contributed by atoms with Crippen LogP contribution in [0.5, 0.6) is 0 Å². The first-order chi connectivity index (χ1) is 6.65. The molecule has 14 heavy (non-hydrogen) atoms. The van der Waals surface area contributed by atoms with Crippen LogP contribution in [0.25, 0.3) is 0 Å². The van der Waals surface area contributed by atoms with Crippen LogP contribution in [0.1, 0.15) is 0 Å². The molecule has 0 saturated heterocycles. The Balaban J connectivity index is 2.72. The number of rotatable bonds is 4. The molecule has 0 radical (unpaired) electrons. The number of nitrogens with zero attached hydrogens (tertiary/aromatic N) is 1. The molecule has 0 saturated carbocycles. The Hall–Kier alpha value is -0.320. The highest BCUT2D eigenvalue weighted by Gasteiger charge is 2.05. The van der Waals surface area contributed by atoms with E-state index < -0.39 is 0 Å². The van der Waals surface area contributed by atoms with Crippen molar-refractivity contribution >= 4 is 46.6 Å². The second-order valence-electron chi connectivity index (χ2n) is 2.61. The molecule has 0 aromatic carbocycles. The summed E-state index contributed by atoms with van der Waals surface area (Å²) in [4.78, 5) is 4.04. The standard InChI is InChI=1S/C8H11Cl2N3S/c1-14-3-2-12-8-6(10)4-5(9)7(11)13-8/h4H,2-3H2,1H3,(H3,11,12,13). The predicted octanol–water partition coefficient (Wildman–Crippen LogP) is 2.75. The molecule has 1 aromatic heterocycles. The number of nitrogens with one attached hydrogen (secondary N) is 1. The number of halogens is 2. The first-order valence-corrected chi connectivity index (χ1v) is 6.14. The third-order valence-corrected chi connectivity index (χ3v) is 2.76. The van der Waals surface area contributed by atoms with E-state index in [1.807, 2.05) is 6.26 Å². The van der Waals surface area contributed by atoms with Gasteiger partial charge in [-0.3, -0.25) is 0 Å². The third kappa shape index (κ3) is 3.12. The minimum Gasteiger partial charge on any atom is -0.382 e. The predicted molar refractivity (Wildman–Crippen MR) is 65.5 cm³/mol. The van der Waals surface area contributed by atoms with Crippen LogP contribution in [0, 0.1) is 0 Å². The molecule has 0 atom stereocenters. The summed E-state index contributed by atoms with van der Waals surface area (Å²) >= 11 is 13.4. The number of hydrogen-bond acceptors (Lipinski definition) is 4. The lowest BCUT2D eigenvalue weighted by Crippen LogP contribution is -2.07. The van der Waals surface area contributed by atoms with E-state index in [-0.39, 0.29) is 0 Å². The number of anilines is 2. The largest absolute Gasteiger partial charge is 0.382 e. The third-order valence-electron chi connectivity index (χ3n) is 1.56. The fraction of sp³-hybridized carbons (Fsp3) is 0.375. The van der Waals surface area contributed by atoms with E-state index in [9.17, 15) is 0 Å². The Morgan fingerprint density at radius 2 is 2.21 bits per heavy atom. The van der Waals surface area contributed by atoms with Gasteiger partial charge in [0.05, 0.1) is 10.0 Å². The maximum absolute atomic E-state index is 5.91. The van der Waals surface area contributed by atoms with Gasteiger partial charge in [0.2, 0.25) is 0 Å². The van der Waals surface area contributed by atoms with Gasteiger partial charge in [-0.15, -0.1) is 0 Å². The SMILES string of the molecule is CSCCNc1nc(N)c(Cl)cc1Cl. The van der Waals surface area contributed by atoms with Crippen LogP contribution in [-0.2, 0) is 0 Å². The highest BCUT2D eigenvalue weighted by Crippen LogP contribution is 2.27. The van der Waals surface area contributed by atoms with E-state index in [1.54, 1.807) is 17.8 Å². The zero-order valence-electron chi connectivity index (χ0n) is 7.68. The van der Waals surface area contributed by atoms with E-state index in [2.05, 4.69) is 10.3 Å². The van der Waals surface area contributed by atoms with Crippen LogP contribution >= 0.6 is 35.0 Å². The van der Waals surface area contributed by atoms with Gasteiger partial charge in [-0.2, -0.15) is 11.8 Å². The van der Waals surface area contributed by atoms with E-state index in [1.165, 1.54) is 0 Å². The Morgan fingerprint density at radius 1 is 1.50 bits per heavy atom. The van der Waals surface area contributed by atoms with E-state index >= 15 is 0 Å². The van der Waals surface area contributed by atoms with Gasteiger partial charge in [0, 0.05) is 12.3 Å². The van der Waals surface area contributed by atoms with Gasteiger partial charge in [0.25, 0.3) is 0 Å². The van der Waals surface area contributed by atoms with Crippen LogP contribution < -0.4 is 11.1 Å². The molecule has 78 valence electrons. The van der Waals surface area contributed by atoms with Crippen LogP contribution in [0.2, 0.25) is 10.0 Å². The Morgan fingerprint density at radius 3 is 2.86 bits per heavy atom. The van der Waals surface area contributed by atoms with Crippen molar-refractivity contribution < 1.29 is 0 Å². The van der Waals surface area contributed by atoms with Gasteiger partial charge in [0.1, 0.15) is 11.6 Å². The van der Waals surface area contributed by atoms with Gasteiger partial charge in [-0.25, -0.2) is 4.98 Å². The number of nitrogens with two attached hydrogens (primary N) is 1. The van der Waals surface area contributed by atoms with Crippen LogP contribution in [0.4, 0.5) is 11.6 Å². The summed E-state index contributed by atoms with van der Waals surface area (Å²) < 4.78 is 0. The summed E-state index contributed by atoms with van der Waals surface area (Å²) in [5, 5.41) is 3.95. The number of aromatic nitrogens is 1. The second-order valence-corrected chi connectivity index (χ2v) is 4.41. The fourth-order valence-electron chi connectivity index (χ4n) is 0.876. The van der Waals surface area contributed by atoms with Crippen LogP contribution in [0.15, 0.2) is 6.07 Å². The van der Waals surface area contributed by atoms with Gasteiger partial charge >= 0.3 is 0 Å². The van der Waals surface area contributed by atoms with Crippen LogP contribution in [0.3, 0.4) is 0 Å². The van der Waals surface area contributed by atoms with Gasteiger partial charge in [0.15, 0.2) is 0 Å². The maximum atomic E-state index is 5.91. The molecule has 3 N–H and O–H groups in total. The number of hydrogen-bond donors (Lipinski definition) is 2. The highest BCUT2D eigenvalue weighted by atomic mass is 35.5. The summed E-state index contributed by atoms with van der Waals surface area (Å²) in [5.74, 6) is 1.87. The van der Waals surface area contributed by atoms with Crippen molar-refractivity contribution in [3.05, 3.63) is 16.1 Å². The van der Waals surface area contributed by atoms with Crippen molar-refractivity contribution in [2.75, 3.05) is 29.6 Å². The Bertz CT molecular complexity index is 320. The zero-order chi connectivity index (χ0) is 10.6. The Labute approximate surface area is 97.4 Å². The molecule has 6 heteroatoms.